The van der Waals surface area contributed by atoms with Crippen molar-refractivity contribution < 1.29 is 22.7 Å². The average Bonchev–Trinajstić information content (AvgIpc) is 2.58. The number of carbonyl (C=O) groups is 1. The first-order valence-corrected chi connectivity index (χ1v) is 9.74. The number of anilines is 2. The maximum atomic E-state index is 14.1. The van der Waals surface area contributed by atoms with Crippen LogP contribution in [0.1, 0.15) is 17.0 Å². The third-order valence-corrected chi connectivity index (χ3v) is 5.76. The van der Waals surface area contributed by atoms with E-state index < -0.39 is 22.7 Å². The Morgan fingerprint density at radius 3 is 2.54 bits per heavy atom. The van der Waals surface area contributed by atoms with E-state index in [1.165, 1.54) is 34.6 Å². The van der Waals surface area contributed by atoms with Crippen LogP contribution in [0.25, 0.3) is 0 Å². The van der Waals surface area contributed by atoms with Crippen LogP contribution in [0.4, 0.5) is 20.6 Å². The van der Waals surface area contributed by atoms with E-state index in [0.717, 1.165) is 4.90 Å². The molecule has 1 fully saturated rings. The van der Waals surface area contributed by atoms with E-state index in [1.807, 2.05) is 0 Å². The largest absolute Gasteiger partial charge is 0.505 e. The van der Waals surface area contributed by atoms with E-state index in [1.54, 1.807) is 0 Å². The molecule has 2 amide bonds. The highest BCUT2D eigenvalue weighted by Gasteiger charge is 2.35. The number of rotatable bonds is 5. The Morgan fingerprint density at radius 1 is 1.29 bits per heavy atom. The van der Waals surface area contributed by atoms with E-state index in [4.69, 9.17) is 23.1 Å². The Morgan fingerprint density at radius 2 is 1.96 bits per heavy atom. The summed E-state index contributed by atoms with van der Waals surface area (Å²) < 4.78 is 37.4. The van der Waals surface area contributed by atoms with Crippen molar-refractivity contribution in [3.8, 4) is 5.75 Å². The molecular weight excluding hydrogens is 411 g/mol. The standard InChI is InChI=1S/C17H18ClFN4O4S/c18-11-4-5-14(16(24)15(11)9-7-22(8-9)28(26)27)23(17(21)25)13-3-1-2-12(19)10(13)6-20/h1-5,9,24,28H,6-8,20H2,(H2,21,25). The second-order valence-electron chi connectivity index (χ2n) is 6.25. The number of phenols is 1. The van der Waals surface area contributed by atoms with Crippen LogP contribution in [0.2, 0.25) is 5.02 Å². The second kappa shape index (κ2) is 7.92. The number of hydrogen-bond acceptors (Lipinski definition) is 5. The molecule has 3 rings (SSSR count). The number of carbonyl (C=O) groups excluding carboxylic acids is 1. The summed E-state index contributed by atoms with van der Waals surface area (Å²) in [5.41, 5.74) is 11.6. The maximum absolute atomic E-state index is 14.1. The molecule has 2 aromatic rings. The first-order chi connectivity index (χ1) is 13.3. The van der Waals surface area contributed by atoms with Crippen LogP contribution in [0, 0.1) is 5.82 Å². The number of phenolic OH excluding ortho intramolecular Hbond substituents is 1. The minimum atomic E-state index is -2.72. The molecule has 8 nitrogen and oxygen atoms in total. The summed E-state index contributed by atoms with van der Waals surface area (Å²) in [5, 5.41) is 11.0. The van der Waals surface area contributed by atoms with Crippen molar-refractivity contribution in [1.82, 2.24) is 4.31 Å². The highest BCUT2D eigenvalue weighted by atomic mass is 35.5. The minimum Gasteiger partial charge on any atom is -0.505 e. The molecule has 1 saturated heterocycles. The van der Waals surface area contributed by atoms with Crippen molar-refractivity contribution in [2.45, 2.75) is 12.5 Å². The van der Waals surface area contributed by atoms with Gasteiger partial charge in [0, 0.05) is 41.7 Å². The zero-order valence-corrected chi connectivity index (χ0v) is 16.2. The highest BCUT2D eigenvalue weighted by molar-refractivity contribution is 7.69. The van der Waals surface area contributed by atoms with E-state index >= 15 is 0 Å². The van der Waals surface area contributed by atoms with Crippen molar-refractivity contribution in [3.63, 3.8) is 0 Å². The third-order valence-electron chi connectivity index (χ3n) is 4.64. The van der Waals surface area contributed by atoms with E-state index in [2.05, 4.69) is 0 Å². The van der Waals surface area contributed by atoms with Crippen molar-refractivity contribution in [2.75, 3.05) is 18.0 Å². The lowest BCUT2D eigenvalue weighted by molar-refractivity contribution is 0.255. The molecule has 0 unspecified atom stereocenters. The zero-order chi connectivity index (χ0) is 20.6. The molecule has 1 aliphatic heterocycles. The van der Waals surface area contributed by atoms with Crippen LogP contribution in [-0.2, 0) is 17.4 Å². The predicted molar refractivity (Wildman–Crippen MR) is 104 cm³/mol. The Labute approximate surface area is 167 Å². The number of hydrogen-bond donors (Lipinski definition) is 4. The van der Waals surface area contributed by atoms with Gasteiger partial charge >= 0.3 is 6.03 Å². The lowest BCUT2D eigenvalue weighted by atomic mass is 9.92. The Hall–Kier alpha value is -2.40. The molecule has 5 N–H and O–H groups in total. The maximum Gasteiger partial charge on any atom is 0.324 e. The molecule has 1 heterocycles. The first kappa shape index (κ1) is 20.3. The molecule has 2 aromatic carbocycles. The van der Waals surface area contributed by atoms with E-state index in [-0.39, 0.29) is 53.3 Å². The van der Waals surface area contributed by atoms with Crippen LogP contribution in [0.15, 0.2) is 30.3 Å². The van der Waals surface area contributed by atoms with Crippen molar-refractivity contribution in [3.05, 3.63) is 52.3 Å². The van der Waals surface area contributed by atoms with Gasteiger partial charge in [-0.15, -0.1) is 0 Å². The van der Waals surface area contributed by atoms with Gasteiger partial charge in [0.2, 0.25) is 10.9 Å². The molecule has 0 bridgehead atoms. The van der Waals surface area contributed by atoms with Gasteiger partial charge in [0.1, 0.15) is 11.6 Å². The molecule has 0 radical (unpaired) electrons. The summed E-state index contributed by atoms with van der Waals surface area (Å²) in [6.45, 7) is 0.112. The van der Waals surface area contributed by atoms with E-state index in [0.29, 0.717) is 5.56 Å². The molecule has 1 aliphatic rings. The summed E-state index contributed by atoms with van der Waals surface area (Å²) in [5.74, 6) is -1.30. The van der Waals surface area contributed by atoms with Gasteiger partial charge in [-0.05, 0) is 24.3 Å². The van der Waals surface area contributed by atoms with Gasteiger partial charge in [-0.1, -0.05) is 17.7 Å². The quantitative estimate of drug-likeness (QED) is 0.539. The number of nitrogens with zero attached hydrogens (tertiary/aromatic N) is 2. The smallest absolute Gasteiger partial charge is 0.324 e. The van der Waals surface area contributed by atoms with Crippen LogP contribution in [0.3, 0.4) is 0 Å². The van der Waals surface area contributed by atoms with Crippen LogP contribution >= 0.6 is 11.6 Å². The SMILES string of the molecule is NCc1c(F)cccc1N(C(N)=O)c1ccc(Cl)c(C2CN([SH](=O)=O)C2)c1O. The summed E-state index contributed by atoms with van der Waals surface area (Å²) in [7, 11) is -2.72. The molecule has 28 heavy (non-hydrogen) atoms. The number of primary amides is 1. The number of urea groups is 1. The number of thiol groups is 1. The normalized spacial score (nSPS) is 14.9. The van der Waals surface area contributed by atoms with Gasteiger partial charge in [-0.3, -0.25) is 4.90 Å². The van der Waals surface area contributed by atoms with Gasteiger partial charge < -0.3 is 16.6 Å². The second-order valence-corrected chi connectivity index (χ2v) is 7.70. The van der Waals surface area contributed by atoms with Crippen LogP contribution in [-0.4, -0.2) is 37.0 Å². The van der Waals surface area contributed by atoms with Crippen LogP contribution < -0.4 is 16.4 Å². The minimum absolute atomic E-state index is 0.00263. The van der Waals surface area contributed by atoms with Gasteiger partial charge in [0.05, 0.1) is 11.4 Å². The molecular formula is C17H18ClFN4O4S. The van der Waals surface area contributed by atoms with Crippen molar-refractivity contribution in [1.29, 1.82) is 0 Å². The summed E-state index contributed by atoms with van der Waals surface area (Å²) in [6.07, 6.45) is 0. The first-order valence-electron chi connectivity index (χ1n) is 8.23. The summed E-state index contributed by atoms with van der Waals surface area (Å²) in [4.78, 5) is 13.1. The number of amides is 2. The molecule has 0 aromatic heterocycles. The number of aromatic hydroxyl groups is 1. The summed E-state index contributed by atoms with van der Waals surface area (Å²) >= 11 is 6.21. The fourth-order valence-corrected chi connectivity index (χ4v) is 4.21. The van der Waals surface area contributed by atoms with Crippen LogP contribution in [0.5, 0.6) is 5.75 Å². The van der Waals surface area contributed by atoms with Gasteiger partial charge in [0.25, 0.3) is 0 Å². The van der Waals surface area contributed by atoms with E-state index in [9.17, 15) is 22.7 Å². The van der Waals surface area contributed by atoms with Crippen molar-refractivity contribution >= 4 is 39.9 Å². The summed E-state index contributed by atoms with van der Waals surface area (Å²) in [6, 6.07) is 5.93. The van der Waals surface area contributed by atoms with Gasteiger partial charge in [-0.25, -0.2) is 21.9 Å². The topological polar surface area (TPSA) is 130 Å². The Kier molecular flexibility index (Phi) is 5.75. The number of benzene rings is 2. The predicted octanol–water partition coefficient (Wildman–Crippen LogP) is 1.79. The monoisotopic (exact) mass is 428 g/mol. The number of halogens is 2. The molecule has 0 aliphatic carbocycles. The average molecular weight is 429 g/mol. The molecule has 150 valence electrons. The molecule has 0 atom stereocenters. The molecule has 0 spiro atoms. The molecule has 11 heteroatoms. The molecule has 0 saturated carbocycles. The van der Waals surface area contributed by atoms with Gasteiger partial charge in [-0.2, -0.15) is 0 Å². The Bertz CT molecular complexity index is 1000. The number of nitrogens with two attached hydrogens (primary N) is 2. The lowest BCUT2D eigenvalue weighted by Gasteiger charge is -2.36. The van der Waals surface area contributed by atoms with Gasteiger partial charge in [0.15, 0.2) is 0 Å². The zero-order valence-electron chi connectivity index (χ0n) is 14.5. The third kappa shape index (κ3) is 3.51. The van der Waals surface area contributed by atoms with Crippen molar-refractivity contribution in [2.24, 2.45) is 11.5 Å². The fraction of sp³-hybridized carbons (Fsp3) is 0.235. The highest BCUT2D eigenvalue weighted by Crippen LogP contribution is 2.45. The lowest BCUT2D eigenvalue weighted by Crippen LogP contribution is -2.43. The fourth-order valence-electron chi connectivity index (χ4n) is 3.24. The Balaban J connectivity index is 2.10.